The normalized spacial score (nSPS) is 30.7. The van der Waals surface area contributed by atoms with Gasteiger partial charge in [-0.1, -0.05) is 0 Å². The van der Waals surface area contributed by atoms with Crippen LogP contribution in [-0.4, -0.2) is 37.3 Å². The number of rotatable bonds is 1. The molecule has 51 valence electrons. The first kappa shape index (κ1) is 5.65. The lowest BCUT2D eigenvalue weighted by Gasteiger charge is -2.32. The van der Waals surface area contributed by atoms with Crippen molar-refractivity contribution in [2.75, 3.05) is 26.4 Å². The minimum absolute atomic E-state index is 0.604. The second-order valence-corrected chi connectivity index (χ2v) is 2.41. The molecule has 2 saturated heterocycles. The average Bonchev–Trinajstić information content (AvgIpc) is 2.11. The van der Waals surface area contributed by atoms with Gasteiger partial charge < -0.3 is 9.47 Å². The van der Waals surface area contributed by atoms with Gasteiger partial charge in [0.1, 0.15) is 0 Å². The Morgan fingerprint density at radius 1 is 1.44 bits per heavy atom. The summed E-state index contributed by atoms with van der Waals surface area (Å²) < 4.78 is 10.1. The standard InChI is InChI=1S/C6H10NO2/c1-2-8-5-7(1)6-3-9-4-6/h5-6H,1-4H2. The first-order valence-electron chi connectivity index (χ1n) is 3.25. The second-order valence-electron chi connectivity index (χ2n) is 2.41. The molecule has 2 aliphatic heterocycles. The Labute approximate surface area is 54.5 Å². The molecule has 3 nitrogen and oxygen atoms in total. The monoisotopic (exact) mass is 128 g/mol. The highest BCUT2D eigenvalue weighted by Gasteiger charge is 2.28. The molecule has 0 bridgehead atoms. The Hall–Kier alpha value is -0.120. The van der Waals surface area contributed by atoms with Gasteiger partial charge in [0.05, 0.1) is 25.9 Å². The topological polar surface area (TPSA) is 21.7 Å². The van der Waals surface area contributed by atoms with Gasteiger partial charge >= 0.3 is 0 Å². The third kappa shape index (κ3) is 0.956. The maximum absolute atomic E-state index is 5.06. The van der Waals surface area contributed by atoms with Crippen LogP contribution >= 0.6 is 0 Å². The van der Waals surface area contributed by atoms with Gasteiger partial charge in [-0.05, 0) is 0 Å². The molecule has 9 heavy (non-hydrogen) atoms. The molecule has 2 aliphatic rings. The first-order chi connectivity index (χ1) is 4.47. The molecule has 0 aromatic carbocycles. The predicted molar refractivity (Wildman–Crippen MR) is 31.6 cm³/mol. The minimum Gasteiger partial charge on any atom is -0.378 e. The van der Waals surface area contributed by atoms with E-state index in [-0.39, 0.29) is 0 Å². The predicted octanol–water partition coefficient (Wildman–Crippen LogP) is -0.163. The highest BCUT2D eigenvalue weighted by molar-refractivity contribution is 4.81. The van der Waals surface area contributed by atoms with Crippen molar-refractivity contribution < 1.29 is 9.47 Å². The third-order valence-corrected chi connectivity index (χ3v) is 1.77. The van der Waals surface area contributed by atoms with Crippen LogP contribution in [0, 0.1) is 6.73 Å². The van der Waals surface area contributed by atoms with Gasteiger partial charge in [-0.15, -0.1) is 0 Å². The molecule has 0 atom stereocenters. The minimum atomic E-state index is 0.604. The van der Waals surface area contributed by atoms with Crippen LogP contribution in [0.15, 0.2) is 0 Å². The average molecular weight is 128 g/mol. The summed E-state index contributed by atoms with van der Waals surface area (Å²) in [7, 11) is 0. The fourth-order valence-corrected chi connectivity index (χ4v) is 1.04. The van der Waals surface area contributed by atoms with E-state index in [4.69, 9.17) is 9.47 Å². The van der Waals surface area contributed by atoms with Crippen LogP contribution < -0.4 is 0 Å². The fourth-order valence-electron chi connectivity index (χ4n) is 1.04. The van der Waals surface area contributed by atoms with Crippen molar-refractivity contribution in [2.45, 2.75) is 6.04 Å². The molecule has 1 radical (unpaired) electrons. The molecule has 2 fully saturated rings. The number of nitrogens with zero attached hydrogens (tertiary/aromatic N) is 1. The van der Waals surface area contributed by atoms with Gasteiger partial charge in [-0.2, -0.15) is 0 Å². The van der Waals surface area contributed by atoms with Gasteiger partial charge in [0.15, 0.2) is 6.73 Å². The molecule has 0 amide bonds. The zero-order valence-electron chi connectivity index (χ0n) is 5.25. The van der Waals surface area contributed by atoms with Crippen LogP contribution in [0.1, 0.15) is 0 Å². The van der Waals surface area contributed by atoms with Crippen molar-refractivity contribution in [1.82, 2.24) is 4.90 Å². The van der Waals surface area contributed by atoms with Crippen LogP contribution in [0.4, 0.5) is 0 Å². The third-order valence-electron chi connectivity index (χ3n) is 1.77. The summed E-state index contributed by atoms with van der Waals surface area (Å²) in [6, 6.07) is 0.604. The molecule has 0 N–H and O–H groups in total. The van der Waals surface area contributed by atoms with Gasteiger partial charge in [0.2, 0.25) is 0 Å². The fraction of sp³-hybridized carbons (Fsp3) is 0.833. The van der Waals surface area contributed by atoms with E-state index >= 15 is 0 Å². The molecular weight excluding hydrogens is 118 g/mol. The van der Waals surface area contributed by atoms with Crippen molar-refractivity contribution >= 4 is 0 Å². The Morgan fingerprint density at radius 2 is 2.33 bits per heavy atom. The quantitative estimate of drug-likeness (QED) is 0.489. The van der Waals surface area contributed by atoms with Gasteiger partial charge in [-0.3, -0.25) is 4.90 Å². The van der Waals surface area contributed by atoms with Crippen molar-refractivity contribution in [3.05, 3.63) is 6.73 Å². The first-order valence-corrected chi connectivity index (χ1v) is 3.25. The maximum atomic E-state index is 5.06. The van der Waals surface area contributed by atoms with Crippen LogP contribution in [0.5, 0.6) is 0 Å². The van der Waals surface area contributed by atoms with Crippen molar-refractivity contribution in [3.8, 4) is 0 Å². The summed E-state index contributed by atoms with van der Waals surface area (Å²) in [6.45, 7) is 5.44. The van der Waals surface area contributed by atoms with E-state index in [1.165, 1.54) is 0 Å². The van der Waals surface area contributed by atoms with E-state index in [9.17, 15) is 0 Å². The van der Waals surface area contributed by atoms with Crippen LogP contribution in [-0.2, 0) is 9.47 Å². The Kier molecular flexibility index (Phi) is 1.41. The molecule has 2 rings (SSSR count). The highest BCUT2D eigenvalue weighted by Crippen LogP contribution is 2.15. The van der Waals surface area contributed by atoms with Crippen LogP contribution in [0.2, 0.25) is 0 Å². The van der Waals surface area contributed by atoms with E-state index in [2.05, 4.69) is 4.90 Å². The molecule has 0 unspecified atom stereocenters. The van der Waals surface area contributed by atoms with Gasteiger partial charge in [-0.25, -0.2) is 0 Å². The molecule has 0 spiro atoms. The molecule has 3 heteroatoms. The Balaban J connectivity index is 1.82. The number of ether oxygens (including phenoxy) is 2. The van der Waals surface area contributed by atoms with E-state index < -0.39 is 0 Å². The molecule has 0 aromatic heterocycles. The van der Waals surface area contributed by atoms with E-state index in [1.807, 2.05) is 6.73 Å². The number of hydrogen-bond acceptors (Lipinski definition) is 3. The molecule has 0 aliphatic carbocycles. The number of hydrogen-bond donors (Lipinski definition) is 0. The molecular formula is C6H10NO2. The second kappa shape index (κ2) is 2.25. The van der Waals surface area contributed by atoms with Crippen molar-refractivity contribution in [1.29, 1.82) is 0 Å². The van der Waals surface area contributed by atoms with Crippen LogP contribution in [0.3, 0.4) is 0 Å². The lowest BCUT2D eigenvalue weighted by molar-refractivity contribution is -0.0542. The van der Waals surface area contributed by atoms with Gasteiger partial charge in [0.25, 0.3) is 0 Å². The molecule has 2 heterocycles. The van der Waals surface area contributed by atoms with Crippen molar-refractivity contribution in [3.63, 3.8) is 0 Å². The van der Waals surface area contributed by atoms with Crippen molar-refractivity contribution in [2.24, 2.45) is 0 Å². The van der Waals surface area contributed by atoms with E-state index in [1.54, 1.807) is 0 Å². The van der Waals surface area contributed by atoms with Crippen LogP contribution in [0.25, 0.3) is 0 Å². The summed E-state index contributed by atoms with van der Waals surface area (Å²) in [6.07, 6.45) is 0. The summed E-state index contributed by atoms with van der Waals surface area (Å²) in [4.78, 5) is 2.20. The molecule has 0 saturated carbocycles. The maximum Gasteiger partial charge on any atom is 0.151 e. The summed E-state index contributed by atoms with van der Waals surface area (Å²) in [5.41, 5.74) is 0. The lowest BCUT2D eigenvalue weighted by Crippen LogP contribution is -2.46. The summed E-state index contributed by atoms with van der Waals surface area (Å²) in [5.74, 6) is 0. The zero-order valence-corrected chi connectivity index (χ0v) is 5.25. The zero-order chi connectivity index (χ0) is 6.10. The largest absolute Gasteiger partial charge is 0.378 e. The highest BCUT2D eigenvalue weighted by atomic mass is 16.5. The van der Waals surface area contributed by atoms with E-state index in [0.717, 1.165) is 26.4 Å². The Bertz CT molecular complexity index is 97.2. The van der Waals surface area contributed by atoms with Gasteiger partial charge in [0, 0.05) is 6.54 Å². The lowest BCUT2D eigenvalue weighted by atomic mass is 10.2. The summed E-state index contributed by atoms with van der Waals surface area (Å²) in [5, 5.41) is 0. The smallest absolute Gasteiger partial charge is 0.151 e. The Morgan fingerprint density at radius 3 is 2.78 bits per heavy atom. The summed E-state index contributed by atoms with van der Waals surface area (Å²) >= 11 is 0. The SMILES string of the molecule is [CH]1OCCN1C1COC1. The van der Waals surface area contributed by atoms with E-state index in [0.29, 0.717) is 6.04 Å². The molecule has 0 aromatic rings.